The van der Waals surface area contributed by atoms with Crippen molar-refractivity contribution in [2.24, 2.45) is 0 Å². The molecule has 2 aromatic rings. The Balaban J connectivity index is 2.79. The lowest BCUT2D eigenvalue weighted by atomic mass is 10.1. The Morgan fingerprint density at radius 2 is 1.94 bits per heavy atom. The summed E-state index contributed by atoms with van der Waals surface area (Å²) in [5, 5.41) is 10.3. The first-order chi connectivity index (χ1) is 8.56. The van der Waals surface area contributed by atoms with E-state index in [1.54, 1.807) is 32.2 Å². The highest BCUT2D eigenvalue weighted by Gasteiger charge is 2.12. The zero-order valence-corrected chi connectivity index (χ0v) is 10.5. The second kappa shape index (κ2) is 4.70. The van der Waals surface area contributed by atoms with E-state index in [1.165, 1.54) is 7.11 Å². The predicted molar refractivity (Wildman–Crippen MR) is 68.3 cm³/mol. The molecular formula is C13H15NO4. The standard InChI is InChI=1S/C13H15NO4/c1-7(15)10-5-8-4-9(17-2)6-11(18-3)12(8)14-13(10)16/h4-7,15H,1-3H3,(H,14,16). The average Bonchev–Trinajstić information content (AvgIpc) is 2.36. The molecule has 1 unspecified atom stereocenters. The Hall–Kier alpha value is -2.01. The minimum atomic E-state index is -0.824. The maximum atomic E-state index is 11.8. The fourth-order valence-electron chi connectivity index (χ4n) is 1.87. The van der Waals surface area contributed by atoms with Crippen LogP contribution in [0, 0.1) is 0 Å². The summed E-state index contributed by atoms with van der Waals surface area (Å²) in [6.07, 6.45) is -0.824. The summed E-state index contributed by atoms with van der Waals surface area (Å²) in [6.45, 7) is 1.55. The number of hydrogen-bond acceptors (Lipinski definition) is 4. The van der Waals surface area contributed by atoms with Crippen LogP contribution in [0.2, 0.25) is 0 Å². The average molecular weight is 249 g/mol. The number of methoxy groups -OCH3 is 2. The molecule has 0 amide bonds. The van der Waals surface area contributed by atoms with Crippen LogP contribution in [-0.4, -0.2) is 24.3 Å². The summed E-state index contributed by atoms with van der Waals surface area (Å²) >= 11 is 0. The quantitative estimate of drug-likeness (QED) is 0.866. The highest BCUT2D eigenvalue weighted by atomic mass is 16.5. The maximum Gasteiger partial charge on any atom is 0.254 e. The van der Waals surface area contributed by atoms with Crippen molar-refractivity contribution in [1.29, 1.82) is 0 Å². The van der Waals surface area contributed by atoms with E-state index in [-0.39, 0.29) is 5.56 Å². The third-order valence-corrected chi connectivity index (χ3v) is 2.82. The number of nitrogens with one attached hydrogen (secondary N) is 1. The fourth-order valence-corrected chi connectivity index (χ4v) is 1.87. The van der Waals surface area contributed by atoms with Gasteiger partial charge in [-0.15, -0.1) is 0 Å². The first-order valence-corrected chi connectivity index (χ1v) is 5.54. The second-order valence-electron chi connectivity index (χ2n) is 4.02. The Kier molecular flexibility index (Phi) is 3.25. The van der Waals surface area contributed by atoms with Crippen LogP contribution in [0.25, 0.3) is 10.9 Å². The van der Waals surface area contributed by atoms with Crippen molar-refractivity contribution >= 4 is 10.9 Å². The SMILES string of the molecule is COc1cc(OC)c2[nH]c(=O)c(C(C)O)cc2c1. The molecule has 1 aromatic carbocycles. The van der Waals surface area contributed by atoms with Gasteiger partial charge in [-0.3, -0.25) is 4.79 Å². The minimum Gasteiger partial charge on any atom is -0.497 e. The minimum absolute atomic E-state index is 0.317. The van der Waals surface area contributed by atoms with Gasteiger partial charge in [0, 0.05) is 17.0 Å². The molecule has 0 bridgehead atoms. The number of rotatable bonds is 3. The van der Waals surface area contributed by atoms with Gasteiger partial charge >= 0.3 is 0 Å². The molecule has 1 heterocycles. The second-order valence-corrected chi connectivity index (χ2v) is 4.02. The van der Waals surface area contributed by atoms with E-state index in [4.69, 9.17) is 9.47 Å². The van der Waals surface area contributed by atoms with Crippen LogP contribution in [0.5, 0.6) is 11.5 Å². The van der Waals surface area contributed by atoms with Gasteiger partial charge in [0.05, 0.1) is 25.8 Å². The fraction of sp³-hybridized carbons (Fsp3) is 0.308. The number of pyridine rings is 1. The summed E-state index contributed by atoms with van der Waals surface area (Å²) < 4.78 is 10.4. The van der Waals surface area contributed by atoms with Crippen LogP contribution in [0.15, 0.2) is 23.0 Å². The molecular weight excluding hydrogens is 234 g/mol. The normalized spacial score (nSPS) is 12.4. The van der Waals surface area contributed by atoms with E-state index in [0.29, 0.717) is 22.6 Å². The Morgan fingerprint density at radius 3 is 2.50 bits per heavy atom. The molecule has 0 aliphatic rings. The largest absolute Gasteiger partial charge is 0.497 e. The van der Waals surface area contributed by atoms with E-state index < -0.39 is 6.10 Å². The summed E-state index contributed by atoms with van der Waals surface area (Å²) in [5.41, 5.74) is 0.589. The number of hydrogen-bond donors (Lipinski definition) is 2. The highest BCUT2D eigenvalue weighted by Crippen LogP contribution is 2.29. The lowest BCUT2D eigenvalue weighted by Gasteiger charge is -2.10. The zero-order chi connectivity index (χ0) is 13.3. The van der Waals surface area contributed by atoms with Crippen molar-refractivity contribution in [2.45, 2.75) is 13.0 Å². The van der Waals surface area contributed by atoms with Gasteiger partial charge in [-0.2, -0.15) is 0 Å². The molecule has 1 aromatic heterocycles. The Bertz CT molecular complexity index is 631. The molecule has 2 rings (SSSR count). The lowest BCUT2D eigenvalue weighted by Crippen LogP contribution is -2.14. The first kappa shape index (κ1) is 12.4. The van der Waals surface area contributed by atoms with Gasteiger partial charge < -0.3 is 19.6 Å². The number of benzene rings is 1. The molecule has 0 fully saturated rings. The number of ether oxygens (including phenoxy) is 2. The molecule has 96 valence electrons. The van der Waals surface area contributed by atoms with E-state index in [0.717, 1.165) is 5.39 Å². The molecule has 0 saturated carbocycles. The number of aromatic nitrogens is 1. The van der Waals surface area contributed by atoms with Crippen LogP contribution >= 0.6 is 0 Å². The van der Waals surface area contributed by atoms with Gasteiger partial charge in [-0.25, -0.2) is 0 Å². The van der Waals surface area contributed by atoms with Gasteiger partial charge in [0.15, 0.2) is 0 Å². The zero-order valence-electron chi connectivity index (χ0n) is 10.5. The Labute approximate surface area is 104 Å². The number of H-pyrrole nitrogens is 1. The molecule has 0 radical (unpaired) electrons. The highest BCUT2D eigenvalue weighted by molar-refractivity contribution is 5.86. The van der Waals surface area contributed by atoms with Crippen LogP contribution < -0.4 is 15.0 Å². The molecule has 2 N–H and O–H groups in total. The van der Waals surface area contributed by atoms with E-state index in [1.807, 2.05) is 0 Å². The smallest absolute Gasteiger partial charge is 0.254 e. The molecule has 5 nitrogen and oxygen atoms in total. The van der Waals surface area contributed by atoms with Crippen LogP contribution in [-0.2, 0) is 0 Å². The van der Waals surface area contributed by atoms with Crippen LogP contribution in [0.1, 0.15) is 18.6 Å². The number of aliphatic hydroxyl groups excluding tert-OH is 1. The summed E-state index contributed by atoms with van der Waals surface area (Å²) in [7, 11) is 3.08. The van der Waals surface area contributed by atoms with Gasteiger partial charge in [-0.05, 0) is 19.1 Å². The van der Waals surface area contributed by atoms with Crippen LogP contribution in [0.4, 0.5) is 0 Å². The number of aliphatic hydroxyl groups is 1. The summed E-state index contributed by atoms with van der Waals surface area (Å²) in [4.78, 5) is 14.5. The van der Waals surface area contributed by atoms with E-state index in [2.05, 4.69) is 4.98 Å². The van der Waals surface area contributed by atoms with Crippen molar-refractivity contribution in [1.82, 2.24) is 4.98 Å². The summed E-state index contributed by atoms with van der Waals surface area (Å²) in [6, 6.07) is 5.11. The predicted octanol–water partition coefficient (Wildman–Crippen LogP) is 1.60. The summed E-state index contributed by atoms with van der Waals surface area (Å²) in [5.74, 6) is 1.15. The van der Waals surface area contributed by atoms with Crippen molar-refractivity contribution < 1.29 is 14.6 Å². The molecule has 0 saturated heterocycles. The molecule has 1 atom stereocenters. The van der Waals surface area contributed by atoms with E-state index in [9.17, 15) is 9.90 Å². The van der Waals surface area contributed by atoms with Gasteiger partial charge in [0.2, 0.25) is 0 Å². The molecule has 0 spiro atoms. The van der Waals surface area contributed by atoms with Crippen molar-refractivity contribution in [3.8, 4) is 11.5 Å². The topological polar surface area (TPSA) is 71.5 Å². The maximum absolute atomic E-state index is 11.8. The first-order valence-electron chi connectivity index (χ1n) is 5.54. The van der Waals surface area contributed by atoms with Crippen LogP contribution in [0.3, 0.4) is 0 Å². The van der Waals surface area contributed by atoms with Crippen molar-refractivity contribution in [3.05, 3.63) is 34.1 Å². The monoisotopic (exact) mass is 249 g/mol. The number of aromatic amines is 1. The van der Waals surface area contributed by atoms with Gasteiger partial charge in [0.1, 0.15) is 11.5 Å². The van der Waals surface area contributed by atoms with Crippen molar-refractivity contribution in [3.63, 3.8) is 0 Å². The van der Waals surface area contributed by atoms with Crippen molar-refractivity contribution in [2.75, 3.05) is 14.2 Å². The van der Waals surface area contributed by atoms with Gasteiger partial charge in [0.25, 0.3) is 5.56 Å². The molecule has 0 aliphatic carbocycles. The third kappa shape index (κ3) is 2.04. The Morgan fingerprint density at radius 1 is 1.22 bits per heavy atom. The molecule has 5 heteroatoms. The third-order valence-electron chi connectivity index (χ3n) is 2.82. The molecule has 18 heavy (non-hydrogen) atoms. The van der Waals surface area contributed by atoms with E-state index >= 15 is 0 Å². The van der Waals surface area contributed by atoms with Gasteiger partial charge in [-0.1, -0.05) is 0 Å². The lowest BCUT2D eigenvalue weighted by molar-refractivity contribution is 0.198. The molecule has 0 aliphatic heterocycles. The number of fused-ring (bicyclic) bond motifs is 1.